The van der Waals surface area contributed by atoms with E-state index in [1.54, 1.807) is 35.7 Å². The first-order valence-electron chi connectivity index (χ1n) is 10.2. The molecule has 1 N–H and O–H groups in total. The van der Waals surface area contributed by atoms with Crippen LogP contribution in [-0.2, 0) is 4.74 Å². The summed E-state index contributed by atoms with van der Waals surface area (Å²) in [7, 11) is 1.47. The molecule has 0 saturated carbocycles. The lowest BCUT2D eigenvalue weighted by Crippen LogP contribution is -2.14. The van der Waals surface area contributed by atoms with E-state index in [2.05, 4.69) is 21.4 Å². The molecule has 0 bridgehead atoms. The lowest BCUT2D eigenvalue weighted by Gasteiger charge is -2.15. The zero-order valence-electron chi connectivity index (χ0n) is 18.6. The molecule has 0 aliphatic carbocycles. The number of nitrogens with one attached hydrogen (secondary N) is 1. The van der Waals surface area contributed by atoms with Gasteiger partial charge >= 0.3 is 0 Å². The second kappa shape index (κ2) is 10.9. The van der Waals surface area contributed by atoms with Gasteiger partial charge < -0.3 is 14.8 Å². The minimum absolute atomic E-state index is 0.0254. The summed E-state index contributed by atoms with van der Waals surface area (Å²) in [6.07, 6.45) is 1.48. The molecule has 1 amide bonds. The topological polar surface area (TPSA) is 140 Å². The van der Waals surface area contributed by atoms with Crippen molar-refractivity contribution in [2.45, 2.75) is 0 Å². The number of rotatable bonds is 8. The average molecular weight is 522 g/mol. The lowest BCUT2D eigenvalue weighted by atomic mass is 9.97. The summed E-state index contributed by atoms with van der Waals surface area (Å²) in [6.45, 7) is -0.0605. The smallest absolute Gasteiger partial charge is 0.285 e. The highest BCUT2D eigenvalue weighted by Crippen LogP contribution is 2.38. The Hall–Kier alpha value is -4.37. The molecule has 0 aliphatic rings. The molecule has 0 radical (unpaired) electrons. The summed E-state index contributed by atoms with van der Waals surface area (Å²) >= 11 is 7.28. The molecule has 0 saturated heterocycles. The van der Waals surface area contributed by atoms with Crippen LogP contribution in [0.15, 0.2) is 60.1 Å². The number of nitrogens with zero attached hydrogens (tertiary/aromatic N) is 4. The summed E-state index contributed by atoms with van der Waals surface area (Å²) in [6, 6.07) is 14.4. The molecule has 12 heteroatoms. The quantitative estimate of drug-likeness (QED) is 0.181. The Balaban J connectivity index is 1.94. The molecule has 4 aromatic rings. The Morgan fingerprint density at radius 2 is 2.08 bits per heavy atom. The maximum absolute atomic E-state index is 12.8. The van der Waals surface area contributed by atoms with Gasteiger partial charge in [-0.2, -0.15) is 5.26 Å². The van der Waals surface area contributed by atoms with Gasteiger partial charge in [-0.25, -0.2) is 9.97 Å². The number of hydrogen-bond acceptors (Lipinski definition) is 9. The second-order valence-electron chi connectivity index (χ2n) is 7.18. The van der Waals surface area contributed by atoms with Gasteiger partial charge in [0.1, 0.15) is 17.4 Å². The molecule has 2 heterocycles. The highest BCUT2D eigenvalue weighted by Gasteiger charge is 2.21. The van der Waals surface area contributed by atoms with Crippen LogP contribution in [0.2, 0.25) is 5.02 Å². The minimum atomic E-state index is -0.553. The van der Waals surface area contributed by atoms with Crippen LogP contribution in [0, 0.1) is 21.4 Å². The summed E-state index contributed by atoms with van der Waals surface area (Å²) in [5, 5.41) is 26.3. The van der Waals surface area contributed by atoms with E-state index in [-0.39, 0.29) is 28.9 Å². The van der Waals surface area contributed by atoms with Crippen LogP contribution >= 0.6 is 22.9 Å². The standard InChI is InChI=1S/C24H16ClN5O5S/c1-34-13-35-21-10-15(25)5-6-17(21)20-11-18(14-3-2-4-16(9-14)30(32)33)19(12-26)22(28-20)29-23(31)24-27-7-8-36-24/h2-11H,13H2,1H3,(H,28,29,31). The number of pyridine rings is 1. The summed E-state index contributed by atoms with van der Waals surface area (Å²) in [4.78, 5) is 32.1. The number of ether oxygens (including phenoxy) is 2. The molecule has 0 unspecified atom stereocenters. The van der Waals surface area contributed by atoms with Crippen molar-refractivity contribution in [2.24, 2.45) is 0 Å². The highest BCUT2D eigenvalue weighted by atomic mass is 35.5. The second-order valence-corrected chi connectivity index (χ2v) is 8.51. The van der Waals surface area contributed by atoms with E-state index in [4.69, 9.17) is 21.1 Å². The van der Waals surface area contributed by atoms with Crippen LogP contribution in [0.25, 0.3) is 22.4 Å². The first-order valence-corrected chi connectivity index (χ1v) is 11.5. The summed E-state index contributed by atoms with van der Waals surface area (Å²) in [5.74, 6) is -0.240. The molecule has 0 spiro atoms. The third kappa shape index (κ3) is 5.31. The van der Waals surface area contributed by atoms with Crippen LogP contribution in [0.1, 0.15) is 15.4 Å². The average Bonchev–Trinajstić information content (AvgIpc) is 3.42. The SMILES string of the molecule is COCOc1cc(Cl)ccc1-c1cc(-c2cccc([N+](=O)[O-])c2)c(C#N)c(NC(=O)c2nccs2)n1. The third-order valence-electron chi connectivity index (χ3n) is 4.91. The van der Waals surface area contributed by atoms with E-state index in [0.717, 1.165) is 11.3 Å². The number of aromatic nitrogens is 2. The fourth-order valence-electron chi connectivity index (χ4n) is 3.35. The zero-order chi connectivity index (χ0) is 25.7. The van der Waals surface area contributed by atoms with E-state index < -0.39 is 10.8 Å². The number of carbonyl (C=O) groups is 1. The fraction of sp³-hybridized carbons (Fsp3) is 0.0833. The van der Waals surface area contributed by atoms with E-state index in [1.807, 2.05) is 0 Å². The number of non-ortho nitro benzene ring substituents is 1. The molecular weight excluding hydrogens is 506 g/mol. The third-order valence-corrected chi connectivity index (χ3v) is 5.92. The predicted octanol–water partition coefficient (Wildman–Crippen LogP) is 5.54. The van der Waals surface area contributed by atoms with Gasteiger partial charge in [0.25, 0.3) is 11.6 Å². The molecule has 0 fully saturated rings. The molecule has 180 valence electrons. The molecule has 4 rings (SSSR count). The minimum Gasteiger partial charge on any atom is -0.467 e. The van der Waals surface area contributed by atoms with Crippen molar-refractivity contribution in [3.05, 3.63) is 85.8 Å². The zero-order valence-corrected chi connectivity index (χ0v) is 20.2. The number of benzene rings is 2. The van der Waals surface area contributed by atoms with Crippen LogP contribution in [0.5, 0.6) is 5.75 Å². The van der Waals surface area contributed by atoms with Crippen molar-refractivity contribution in [2.75, 3.05) is 19.2 Å². The van der Waals surface area contributed by atoms with Crippen molar-refractivity contribution < 1.29 is 19.2 Å². The number of hydrogen-bond donors (Lipinski definition) is 1. The van der Waals surface area contributed by atoms with Gasteiger partial charge in [0, 0.05) is 47.0 Å². The van der Waals surface area contributed by atoms with Gasteiger partial charge in [-0.1, -0.05) is 23.7 Å². The van der Waals surface area contributed by atoms with E-state index in [1.165, 1.54) is 31.5 Å². The van der Waals surface area contributed by atoms with Crippen molar-refractivity contribution in [3.63, 3.8) is 0 Å². The van der Waals surface area contributed by atoms with Crippen molar-refractivity contribution in [1.29, 1.82) is 5.26 Å². The van der Waals surface area contributed by atoms with Gasteiger partial charge in [-0.05, 0) is 29.8 Å². The van der Waals surface area contributed by atoms with E-state index in [0.29, 0.717) is 33.2 Å². The first-order chi connectivity index (χ1) is 17.4. The molecule has 2 aromatic carbocycles. The van der Waals surface area contributed by atoms with Crippen LogP contribution in [0.3, 0.4) is 0 Å². The Bertz CT molecular complexity index is 1490. The number of thiazole rings is 1. The van der Waals surface area contributed by atoms with Gasteiger partial charge in [0.2, 0.25) is 0 Å². The van der Waals surface area contributed by atoms with Crippen LogP contribution in [-0.4, -0.2) is 34.7 Å². The Morgan fingerprint density at radius 1 is 1.25 bits per heavy atom. The summed E-state index contributed by atoms with van der Waals surface area (Å²) in [5.41, 5.74) is 1.41. The molecule has 2 aromatic heterocycles. The highest BCUT2D eigenvalue weighted by molar-refractivity contribution is 7.11. The largest absolute Gasteiger partial charge is 0.467 e. The van der Waals surface area contributed by atoms with Crippen LogP contribution in [0.4, 0.5) is 11.5 Å². The Morgan fingerprint density at radius 3 is 2.78 bits per heavy atom. The molecule has 0 atom stereocenters. The monoisotopic (exact) mass is 521 g/mol. The van der Waals surface area contributed by atoms with E-state index >= 15 is 0 Å². The normalized spacial score (nSPS) is 10.5. The van der Waals surface area contributed by atoms with Gasteiger partial charge in [-0.3, -0.25) is 14.9 Å². The Labute approximate surface area is 213 Å². The number of anilines is 1. The number of carbonyl (C=O) groups excluding carboxylic acids is 1. The van der Waals surface area contributed by atoms with Gasteiger partial charge in [-0.15, -0.1) is 11.3 Å². The number of nitro benzene ring substituents is 1. The maximum Gasteiger partial charge on any atom is 0.285 e. The molecule has 10 nitrogen and oxygen atoms in total. The first kappa shape index (κ1) is 24.7. The van der Waals surface area contributed by atoms with Crippen molar-refractivity contribution >= 4 is 40.4 Å². The Kier molecular flexibility index (Phi) is 7.50. The summed E-state index contributed by atoms with van der Waals surface area (Å²) < 4.78 is 10.7. The fourth-order valence-corrected chi connectivity index (χ4v) is 4.04. The predicted molar refractivity (Wildman–Crippen MR) is 134 cm³/mol. The van der Waals surface area contributed by atoms with Crippen LogP contribution < -0.4 is 10.1 Å². The number of nitriles is 1. The number of methoxy groups -OCH3 is 1. The van der Waals surface area contributed by atoms with Gasteiger partial charge in [0.05, 0.1) is 10.6 Å². The molecule has 0 aliphatic heterocycles. The molecular formula is C24H16ClN5O5S. The number of nitro groups is 1. The van der Waals surface area contributed by atoms with E-state index in [9.17, 15) is 20.2 Å². The van der Waals surface area contributed by atoms with Crippen molar-refractivity contribution in [3.8, 4) is 34.2 Å². The number of amides is 1. The maximum atomic E-state index is 12.8. The van der Waals surface area contributed by atoms with Crippen molar-refractivity contribution in [1.82, 2.24) is 9.97 Å². The number of halogens is 1. The lowest BCUT2D eigenvalue weighted by molar-refractivity contribution is -0.384. The molecule has 36 heavy (non-hydrogen) atoms. The van der Waals surface area contributed by atoms with Gasteiger partial charge in [0.15, 0.2) is 17.6 Å².